The molecule has 1 aliphatic rings. The van der Waals surface area contributed by atoms with Gasteiger partial charge in [-0.05, 0) is 58.5 Å². The molecule has 0 aromatic carbocycles. The van der Waals surface area contributed by atoms with Crippen LogP contribution >= 0.6 is 0 Å². The molecule has 0 bridgehead atoms. The monoisotopic (exact) mass is 268 g/mol. The van der Waals surface area contributed by atoms with Crippen LogP contribution in [0.25, 0.3) is 0 Å². The lowest BCUT2D eigenvalue weighted by molar-refractivity contribution is 0.0817. The molecule has 0 amide bonds. The molecule has 4 atom stereocenters. The third-order valence-electron chi connectivity index (χ3n) is 5.02. The molecular weight excluding hydrogens is 232 g/mol. The van der Waals surface area contributed by atoms with Crippen LogP contribution in [0.3, 0.4) is 0 Å². The number of nitrogens with zero attached hydrogens (tertiary/aromatic N) is 1. The second-order valence-electron chi connectivity index (χ2n) is 7.07. The maximum atomic E-state index is 3.56. The minimum atomic E-state index is 0.688. The Hall–Kier alpha value is -0.0800. The van der Waals surface area contributed by atoms with Crippen molar-refractivity contribution in [1.82, 2.24) is 10.2 Å². The molecular formula is C17H36N2. The van der Waals surface area contributed by atoms with Gasteiger partial charge in [-0.1, -0.05) is 33.6 Å². The Kier molecular flexibility index (Phi) is 7.38. The van der Waals surface area contributed by atoms with Crippen molar-refractivity contribution < 1.29 is 0 Å². The van der Waals surface area contributed by atoms with Gasteiger partial charge in [0.05, 0.1) is 0 Å². The first-order valence-electron chi connectivity index (χ1n) is 8.38. The fourth-order valence-electron chi connectivity index (χ4n) is 3.86. The van der Waals surface area contributed by atoms with Crippen LogP contribution in [0, 0.1) is 11.8 Å². The molecule has 0 saturated heterocycles. The van der Waals surface area contributed by atoms with E-state index in [9.17, 15) is 0 Å². The Morgan fingerprint density at radius 3 is 2.42 bits per heavy atom. The summed E-state index contributed by atoms with van der Waals surface area (Å²) in [7, 11) is 4.48. The molecule has 0 radical (unpaired) electrons. The normalized spacial score (nSPS) is 30.0. The van der Waals surface area contributed by atoms with Crippen molar-refractivity contribution in [2.24, 2.45) is 11.8 Å². The van der Waals surface area contributed by atoms with Crippen LogP contribution in [0.2, 0.25) is 0 Å². The molecule has 1 rings (SSSR count). The molecule has 2 nitrogen and oxygen atoms in total. The van der Waals surface area contributed by atoms with Gasteiger partial charge in [-0.2, -0.15) is 0 Å². The smallest absolute Gasteiger partial charge is 0.0251 e. The molecule has 0 spiro atoms. The molecule has 0 aromatic rings. The fraction of sp³-hybridized carbons (Fsp3) is 1.00. The number of rotatable bonds is 7. The van der Waals surface area contributed by atoms with Crippen LogP contribution in [0.4, 0.5) is 0 Å². The molecule has 1 fully saturated rings. The van der Waals surface area contributed by atoms with Gasteiger partial charge in [-0.15, -0.1) is 0 Å². The van der Waals surface area contributed by atoms with Gasteiger partial charge in [0, 0.05) is 18.1 Å². The van der Waals surface area contributed by atoms with Crippen molar-refractivity contribution in [2.75, 3.05) is 14.1 Å². The minimum Gasteiger partial charge on any atom is -0.315 e. The topological polar surface area (TPSA) is 15.3 Å². The molecule has 0 aliphatic heterocycles. The van der Waals surface area contributed by atoms with E-state index in [1.54, 1.807) is 0 Å². The summed E-state index contributed by atoms with van der Waals surface area (Å²) in [6.07, 6.45) is 8.22. The lowest BCUT2D eigenvalue weighted by Gasteiger charge is -2.44. The van der Waals surface area contributed by atoms with Crippen molar-refractivity contribution >= 4 is 0 Å². The van der Waals surface area contributed by atoms with Gasteiger partial charge in [0.15, 0.2) is 0 Å². The second kappa shape index (κ2) is 8.26. The van der Waals surface area contributed by atoms with Crippen LogP contribution in [-0.2, 0) is 0 Å². The summed E-state index contributed by atoms with van der Waals surface area (Å²) in [6, 6.07) is 2.11. The molecule has 1 aliphatic carbocycles. The Morgan fingerprint density at radius 1 is 1.21 bits per heavy atom. The lowest BCUT2D eigenvalue weighted by atomic mass is 9.79. The van der Waals surface area contributed by atoms with Crippen molar-refractivity contribution in [3.8, 4) is 0 Å². The highest BCUT2D eigenvalue weighted by Crippen LogP contribution is 2.31. The van der Waals surface area contributed by atoms with E-state index in [0.717, 1.165) is 17.9 Å². The molecule has 0 heterocycles. The van der Waals surface area contributed by atoms with E-state index >= 15 is 0 Å². The van der Waals surface area contributed by atoms with Crippen LogP contribution in [0.1, 0.15) is 66.2 Å². The highest BCUT2D eigenvalue weighted by molar-refractivity contribution is 4.91. The zero-order valence-electron chi connectivity index (χ0n) is 14.1. The van der Waals surface area contributed by atoms with Gasteiger partial charge in [-0.3, -0.25) is 4.90 Å². The molecule has 19 heavy (non-hydrogen) atoms. The standard InChI is InChI=1S/C17H36N2/c1-7-8-15-9-10-16(18-5)17(12-15)19(6)14(4)11-13(2)3/h13-18H,7-12H2,1-6H3. The molecule has 114 valence electrons. The third-order valence-corrected chi connectivity index (χ3v) is 5.02. The van der Waals surface area contributed by atoms with E-state index in [1.165, 1.54) is 38.5 Å². The summed E-state index contributed by atoms with van der Waals surface area (Å²) in [5.74, 6) is 1.74. The highest BCUT2D eigenvalue weighted by Gasteiger charge is 2.33. The zero-order valence-corrected chi connectivity index (χ0v) is 14.1. The average Bonchev–Trinajstić information content (AvgIpc) is 2.37. The maximum absolute atomic E-state index is 3.56. The van der Waals surface area contributed by atoms with E-state index in [0.29, 0.717) is 12.1 Å². The number of hydrogen-bond acceptors (Lipinski definition) is 2. The highest BCUT2D eigenvalue weighted by atomic mass is 15.2. The van der Waals surface area contributed by atoms with Crippen LogP contribution in [-0.4, -0.2) is 37.1 Å². The molecule has 1 N–H and O–H groups in total. The molecule has 0 aromatic heterocycles. The van der Waals surface area contributed by atoms with Crippen LogP contribution in [0.5, 0.6) is 0 Å². The van der Waals surface area contributed by atoms with Gasteiger partial charge in [0.25, 0.3) is 0 Å². The van der Waals surface area contributed by atoms with Crippen molar-refractivity contribution in [3.63, 3.8) is 0 Å². The van der Waals surface area contributed by atoms with Crippen molar-refractivity contribution in [2.45, 2.75) is 84.3 Å². The van der Waals surface area contributed by atoms with Crippen LogP contribution in [0.15, 0.2) is 0 Å². The predicted molar refractivity (Wildman–Crippen MR) is 85.6 cm³/mol. The number of nitrogens with one attached hydrogen (secondary N) is 1. The first-order chi connectivity index (χ1) is 8.99. The van der Waals surface area contributed by atoms with Crippen LogP contribution < -0.4 is 5.32 Å². The SMILES string of the molecule is CCCC1CCC(NC)C(N(C)C(C)CC(C)C)C1. The second-order valence-corrected chi connectivity index (χ2v) is 7.07. The summed E-state index contributed by atoms with van der Waals surface area (Å²) >= 11 is 0. The Balaban J connectivity index is 2.62. The fourth-order valence-corrected chi connectivity index (χ4v) is 3.86. The van der Waals surface area contributed by atoms with Gasteiger partial charge in [-0.25, -0.2) is 0 Å². The first kappa shape index (κ1) is 17.0. The van der Waals surface area contributed by atoms with Gasteiger partial charge in [0.2, 0.25) is 0 Å². The van der Waals surface area contributed by atoms with E-state index < -0.39 is 0 Å². The van der Waals surface area contributed by atoms with Crippen molar-refractivity contribution in [1.29, 1.82) is 0 Å². The summed E-state index contributed by atoms with van der Waals surface area (Å²) in [5.41, 5.74) is 0. The molecule has 2 heteroatoms. The Morgan fingerprint density at radius 2 is 1.89 bits per heavy atom. The zero-order chi connectivity index (χ0) is 14.4. The summed E-state index contributed by atoms with van der Waals surface area (Å²) in [4.78, 5) is 2.66. The summed E-state index contributed by atoms with van der Waals surface area (Å²) in [6.45, 7) is 9.39. The number of hydrogen-bond donors (Lipinski definition) is 1. The average molecular weight is 268 g/mol. The lowest BCUT2D eigenvalue weighted by Crippen LogP contribution is -2.53. The summed E-state index contributed by atoms with van der Waals surface area (Å²) < 4.78 is 0. The van der Waals surface area contributed by atoms with E-state index in [1.807, 2.05) is 0 Å². The van der Waals surface area contributed by atoms with Gasteiger partial charge >= 0.3 is 0 Å². The molecule has 1 saturated carbocycles. The first-order valence-corrected chi connectivity index (χ1v) is 8.38. The largest absolute Gasteiger partial charge is 0.315 e. The minimum absolute atomic E-state index is 0.688. The Bertz CT molecular complexity index is 239. The summed E-state index contributed by atoms with van der Waals surface area (Å²) in [5, 5.41) is 3.56. The quantitative estimate of drug-likeness (QED) is 0.753. The number of likely N-dealkylation sites (N-methyl/N-ethyl adjacent to an activating group) is 2. The van der Waals surface area contributed by atoms with Gasteiger partial charge < -0.3 is 5.32 Å². The van der Waals surface area contributed by atoms with E-state index in [-0.39, 0.29) is 0 Å². The van der Waals surface area contributed by atoms with Gasteiger partial charge in [0.1, 0.15) is 0 Å². The van der Waals surface area contributed by atoms with E-state index in [4.69, 9.17) is 0 Å². The van der Waals surface area contributed by atoms with E-state index in [2.05, 4.69) is 52.0 Å². The molecule has 4 unspecified atom stereocenters. The van der Waals surface area contributed by atoms with Crippen molar-refractivity contribution in [3.05, 3.63) is 0 Å². The Labute approximate surface area is 121 Å². The predicted octanol–water partition coefficient (Wildman–Crippen LogP) is 3.91. The maximum Gasteiger partial charge on any atom is 0.0251 e. The third kappa shape index (κ3) is 5.07.